The van der Waals surface area contributed by atoms with E-state index in [0.717, 1.165) is 45.4 Å². The van der Waals surface area contributed by atoms with Gasteiger partial charge < -0.3 is 10.2 Å². The average Bonchev–Trinajstić information content (AvgIpc) is 3.29. The van der Waals surface area contributed by atoms with E-state index in [1.165, 1.54) is 0 Å². The fraction of sp³-hybridized carbons (Fsp3) is 0.0645. The van der Waals surface area contributed by atoms with Crippen LogP contribution in [0.5, 0.6) is 0 Å². The van der Waals surface area contributed by atoms with Crippen molar-refractivity contribution in [2.75, 3.05) is 10.2 Å². The number of aryl methyl sites for hydroxylation is 1. The van der Waals surface area contributed by atoms with E-state index in [4.69, 9.17) is 38.3 Å². The molecule has 39 heavy (non-hydrogen) atoms. The lowest BCUT2D eigenvalue weighted by Crippen LogP contribution is -2.46. The first-order valence-electron chi connectivity index (χ1n) is 12.6. The maximum absolute atomic E-state index is 6.32. The van der Waals surface area contributed by atoms with Crippen LogP contribution in [0.25, 0.3) is 5.69 Å². The number of amidine groups is 2. The van der Waals surface area contributed by atoms with E-state index in [0.29, 0.717) is 21.7 Å². The van der Waals surface area contributed by atoms with Crippen molar-refractivity contribution in [3.8, 4) is 5.69 Å². The molecule has 0 saturated heterocycles. The van der Waals surface area contributed by atoms with Gasteiger partial charge >= 0.3 is 0 Å². The Hall–Kier alpha value is -4.39. The summed E-state index contributed by atoms with van der Waals surface area (Å²) in [6, 6.07) is 33.5. The van der Waals surface area contributed by atoms with Crippen molar-refractivity contribution in [2.45, 2.75) is 13.0 Å². The van der Waals surface area contributed by atoms with Crippen LogP contribution in [0, 0.1) is 6.92 Å². The molecule has 0 fully saturated rings. The summed E-state index contributed by atoms with van der Waals surface area (Å²) >= 11 is 12.6. The number of fused-ring (bicyclic) bond motifs is 4. The molecule has 7 rings (SSSR count). The molecule has 2 aliphatic heterocycles. The number of nitrogens with zero attached hydrogens (tertiary/aromatic N) is 5. The Morgan fingerprint density at radius 2 is 1.54 bits per heavy atom. The van der Waals surface area contributed by atoms with Crippen LogP contribution in [0.15, 0.2) is 113 Å². The number of nitrogens with one attached hydrogen (secondary N) is 1. The molecular formula is C31H22Cl2N6. The van der Waals surface area contributed by atoms with E-state index >= 15 is 0 Å². The highest BCUT2D eigenvalue weighted by Gasteiger charge is 2.41. The molecule has 4 aromatic carbocycles. The number of aromatic nitrogens is 2. The van der Waals surface area contributed by atoms with Crippen LogP contribution in [0.4, 0.5) is 22.9 Å². The van der Waals surface area contributed by atoms with Crippen molar-refractivity contribution >= 4 is 57.8 Å². The second-order valence-electron chi connectivity index (χ2n) is 9.41. The third kappa shape index (κ3) is 4.09. The number of rotatable bonds is 3. The van der Waals surface area contributed by atoms with Crippen LogP contribution in [0.1, 0.15) is 22.9 Å². The van der Waals surface area contributed by atoms with Crippen molar-refractivity contribution in [1.82, 2.24) is 9.78 Å². The lowest BCUT2D eigenvalue weighted by molar-refractivity contribution is 0.815. The van der Waals surface area contributed by atoms with Crippen LogP contribution in [0.2, 0.25) is 10.0 Å². The van der Waals surface area contributed by atoms with Gasteiger partial charge in [0.2, 0.25) is 0 Å². The van der Waals surface area contributed by atoms with Gasteiger partial charge in [-0.2, -0.15) is 5.10 Å². The Morgan fingerprint density at radius 3 is 2.33 bits per heavy atom. The summed E-state index contributed by atoms with van der Waals surface area (Å²) in [4.78, 5) is 12.5. The van der Waals surface area contributed by atoms with Crippen molar-refractivity contribution < 1.29 is 0 Å². The Bertz CT molecular complexity index is 1770. The molecular weight excluding hydrogens is 527 g/mol. The molecule has 2 aliphatic rings. The minimum atomic E-state index is -0.213. The van der Waals surface area contributed by atoms with E-state index < -0.39 is 0 Å². The fourth-order valence-electron chi connectivity index (χ4n) is 5.21. The van der Waals surface area contributed by atoms with Crippen LogP contribution in [0.3, 0.4) is 0 Å². The normalized spacial score (nSPS) is 15.6. The monoisotopic (exact) mass is 548 g/mol. The highest BCUT2D eigenvalue weighted by atomic mass is 35.5. The van der Waals surface area contributed by atoms with Crippen LogP contribution >= 0.6 is 23.2 Å². The molecule has 0 radical (unpaired) electrons. The van der Waals surface area contributed by atoms with Gasteiger partial charge in [0, 0.05) is 21.3 Å². The van der Waals surface area contributed by atoms with E-state index in [9.17, 15) is 0 Å². The van der Waals surface area contributed by atoms with Crippen LogP contribution in [-0.4, -0.2) is 21.5 Å². The maximum Gasteiger partial charge on any atom is 0.179 e. The van der Waals surface area contributed by atoms with E-state index in [1.54, 1.807) is 0 Å². The second kappa shape index (κ2) is 9.42. The summed E-state index contributed by atoms with van der Waals surface area (Å²) < 4.78 is 1.91. The minimum Gasteiger partial charge on any atom is -0.337 e. The SMILES string of the molecule is Cc1nn(-c2ccccc2)c2c1C(c1ccc(Cl)cc1)N1C(=N2)C(Nc2cccc(Cl)c2)=Nc2ccccc21. The van der Waals surface area contributed by atoms with Crippen molar-refractivity contribution in [2.24, 2.45) is 9.98 Å². The van der Waals surface area contributed by atoms with Gasteiger partial charge in [0.15, 0.2) is 17.5 Å². The first-order valence-corrected chi connectivity index (χ1v) is 13.3. The van der Waals surface area contributed by atoms with Crippen molar-refractivity contribution in [3.63, 3.8) is 0 Å². The highest BCUT2D eigenvalue weighted by Crippen LogP contribution is 2.48. The summed E-state index contributed by atoms with van der Waals surface area (Å²) in [7, 11) is 0. The number of hydrogen-bond acceptors (Lipinski definition) is 5. The third-order valence-corrected chi connectivity index (χ3v) is 7.40. The molecule has 190 valence electrons. The maximum atomic E-state index is 6.32. The Balaban J connectivity index is 1.50. The smallest absolute Gasteiger partial charge is 0.179 e. The zero-order valence-corrected chi connectivity index (χ0v) is 22.4. The predicted molar refractivity (Wildman–Crippen MR) is 160 cm³/mol. The number of halogens is 2. The van der Waals surface area contributed by atoms with Gasteiger partial charge in [-0.15, -0.1) is 0 Å². The number of anilines is 2. The molecule has 1 N–H and O–H groups in total. The topological polar surface area (TPSA) is 57.8 Å². The summed E-state index contributed by atoms with van der Waals surface area (Å²) in [5.74, 6) is 2.09. The summed E-state index contributed by atoms with van der Waals surface area (Å²) in [6.07, 6.45) is 0. The molecule has 0 bridgehead atoms. The fourth-order valence-corrected chi connectivity index (χ4v) is 5.53. The summed E-state index contributed by atoms with van der Waals surface area (Å²) in [6.45, 7) is 2.04. The first-order chi connectivity index (χ1) is 19.1. The predicted octanol–water partition coefficient (Wildman–Crippen LogP) is 8.28. The zero-order valence-electron chi connectivity index (χ0n) is 20.9. The van der Waals surface area contributed by atoms with E-state index in [2.05, 4.69) is 28.4 Å². The van der Waals surface area contributed by atoms with Gasteiger partial charge in [-0.05, 0) is 67.1 Å². The number of benzene rings is 4. The molecule has 1 aromatic heterocycles. The van der Waals surface area contributed by atoms with Crippen molar-refractivity contribution in [3.05, 3.63) is 130 Å². The zero-order chi connectivity index (χ0) is 26.5. The highest BCUT2D eigenvalue weighted by molar-refractivity contribution is 6.51. The minimum absolute atomic E-state index is 0.213. The van der Waals surface area contributed by atoms with Gasteiger partial charge in [0.25, 0.3) is 0 Å². The molecule has 0 spiro atoms. The van der Waals surface area contributed by atoms with Gasteiger partial charge in [0.05, 0.1) is 28.8 Å². The van der Waals surface area contributed by atoms with Gasteiger partial charge in [0.1, 0.15) is 0 Å². The summed E-state index contributed by atoms with van der Waals surface area (Å²) in [5, 5.41) is 9.77. The third-order valence-electron chi connectivity index (χ3n) is 6.91. The number of para-hydroxylation sites is 3. The Labute approximate surface area is 235 Å². The summed E-state index contributed by atoms with van der Waals surface area (Å²) in [5.41, 5.74) is 6.57. The van der Waals surface area contributed by atoms with Crippen molar-refractivity contribution in [1.29, 1.82) is 0 Å². The van der Waals surface area contributed by atoms with Gasteiger partial charge in [-0.3, -0.25) is 0 Å². The molecule has 0 saturated carbocycles. The largest absolute Gasteiger partial charge is 0.337 e. The number of hydrogen-bond donors (Lipinski definition) is 1. The number of aliphatic imine (C=N–C) groups is 2. The lowest BCUT2D eigenvalue weighted by Gasteiger charge is -2.40. The second-order valence-corrected chi connectivity index (χ2v) is 10.3. The Morgan fingerprint density at radius 1 is 0.769 bits per heavy atom. The van der Waals surface area contributed by atoms with Gasteiger partial charge in [-0.25, -0.2) is 14.7 Å². The molecule has 8 heteroatoms. The molecule has 5 aromatic rings. The van der Waals surface area contributed by atoms with Crippen LogP contribution < -0.4 is 10.2 Å². The average molecular weight is 549 g/mol. The van der Waals surface area contributed by atoms with Crippen LogP contribution in [-0.2, 0) is 0 Å². The molecule has 1 unspecified atom stereocenters. The lowest BCUT2D eigenvalue weighted by atomic mass is 9.93. The van der Waals surface area contributed by atoms with E-state index in [1.807, 2.05) is 96.5 Å². The molecule has 3 heterocycles. The first kappa shape index (κ1) is 23.7. The molecule has 1 atom stereocenters. The molecule has 6 nitrogen and oxygen atoms in total. The Kier molecular flexibility index (Phi) is 5.72. The molecule has 0 amide bonds. The molecule has 0 aliphatic carbocycles. The quantitative estimate of drug-likeness (QED) is 0.246. The standard InChI is InChI=1S/C31H22Cl2N6/c1-19-27-28(20-14-16-21(32)17-15-20)38-26-13-6-5-12-25(26)35-29(34-23-9-7-8-22(33)18-23)31(38)36-30(27)39(37-19)24-10-3-2-4-11-24/h2-18,28H,1H3,(H,34,35). The van der Waals surface area contributed by atoms with Gasteiger partial charge in [-0.1, -0.05) is 71.7 Å². The van der Waals surface area contributed by atoms with E-state index in [-0.39, 0.29) is 6.04 Å².